The number of piperazine rings is 1. The van der Waals surface area contributed by atoms with E-state index in [4.69, 9.17) is 11.5 Å². The Bertz CT molecular complexity index is 1100. The molecule has 4 rings (SSSR count). The Kier molecular flexibility index (Phi) is 4.96. The van der Waals surface area contributed by atoms with Crippen LogP contribution in [0.25, 0.3) is 28.0 Å². The van der Waals surface area contributed by atoms with E-state index in [1.54, 1.807) is 25.5 Å². The molecule has 4 heterocycles. The number of guanidine groups is 1. The number of nitrogens with two attached hydrogens (primary N) is 2. The number of aryl methyl sites for hydroxylation is 1. The molecular formula is C18H22N10O. The van der Waals surface area contributed by atoms with Gasteiger partial charge in [0.2, 0.25) is 5.65 Å². The fraction of sp³-hybridized carbons (Fsp3) is 0.278. The summed E-state index contributed by atoms with van der Waals surface area (Å²) in [5.74, 6) is 0.320. The number of fused-ring (bicyclic) bond motifs is 1. The molecule has 1 aliphatic heterocycles. The first-order valence-electron chi connectivity index (χ1n) is 9.12. The van der Waals surface area contributed by atoms with Crippen molar-refractivity contribution in [2.45, 2.75) is 0 Å². The quantitative estimate of drug-likeness (QED) is 0.343. The molecular weight excluding hydrogens is 372 g/mol. The number of aliphatic imine (C=N–C) groups is 1. The maximum Gasteiger partial charge on any atom is 0.201 e. The molecule has 3 aromatic rings. The Hall–Kier alpha value is -3.73. The van der Waals surface area contributed by atoms with E-state index in [0.29, 0.717) is 22.7 Å². The summed E-state index contributed by atoms with van der Waals surface area (Å²) in [7, 11) is 1.73. The SMILES string of the molecule is Cn1nc2cc(-c3cnc(/C(N)=C/N=C(N)N4CCNCC4)c(O)c3)cnc2n1. The predicted octanol–water partition coefficient (Wildman–Crippen LogP) is -0.392. The van der Waals surface area contributed by atoms with Crippen molar-refractivity contribution < 1.29 is 5.11 Å². The first-order chi connectivity index (χ1) is 14.0. The number of pyridine rings is 2. The number of rotatable bonds is 3. The van der Waals surface area contributed by atoms with Crippen molar-refractivity contribution in [1.29, 1.82) is 0 Å². The van der Waals surface area contributed by atoms with Crippen LogP contribution in [0, 0.1) is 0 Å². The van der Waals surface area contributed by atoms with E-state index in [2.05, 4.69) is 30.5 Å². The molecule has 1 aliphatic rings. The van der Waals surface area contributed by atoms with E-state index >= 15 is 0 Å². The van der Waals surface area contributed by atoms with Crippen molar-refractivity contribution in [3.8, 4) is 16.9 Å². The van der Waals surface area contributed by atoms with E-state index in [1.165, 1.54) is 11.0 Å². The number of hydrogen-bond donors (Lipinski definition) is 4. The van der Waals surface area contributed by atoms with E-state index in [1.807, 2.05) is 11.0 Å². The predicted molar refractivity (Wildman–Crippen MR) is 109 cm³/mol. The zero-order chi connectivity index (χ0) is 20.4. The lowest BCUT2D eigenvalue weighted by Crippen LogP contribution is -2.49. The minimum atomic E-state index is -0.0635. The van der Waals surface area contributed by atoms with Crippen molar-refractivity contribution in [2.75, 3.05) is 26.2 Å². The summed E-state index contributed by atoms with van der Waals surface area (Å²) in [6.45, 7) is 3.28. The monoisotopic (exact) mass is 394 g/mol. The largest absolute Gasteiger partial charge is 0.506 e. The van der Waals surface area contributed by atoms with Crippen LogP contribution in [0.4, 0.5) is 0 Å². The molecule has 0 atom stereocenters. The average molecular weight is 394 g/mol. The lowest BCUT2D eigenvalue weighted by molar-refractivity contribution is 0.354. The average Bonchev–Trinajstić information content (AvgIpc) is 3.11. The Labute approximate surface area is 166 Å². The first kappa shape index (κ1) is 18.6. The number of aromatic hydroxyl groups is 1. The Morgan fingerprint density at radius 1 is 1.14 bits per heavy atom. The lowest BCUT2D eigenvalue weighted by atomic mass is 10.1. The summed E-state index contributed by atoms with van der Waals surface area (Å²) in [6, 6.07) is 3.41. The van der Waals surface area contributed by atoms with Crippen LogP contribution in [0.2, 0.25) is 0 Å². The zero-order valence-corrected chi connectivity index (χ0v) is 15.9. The minimum absolute atomic E-state index is 0.0635. The van der Waals surface area contributed by atoms with Gasteiger partial charge in [-0.1, -0.05) is 0 Å². The van der Waals surface area contributed by atoms with Gasteiger partial charge in [0.15, 0.2) is 5.96 Å². The van der Waals surface area contributed by atoms with Crippen molar-refractivity contribution in [1.82, 2.24) is 35.2 Å². The molecule has 11 nitrogen and oxygen atoms in total. The van der Waals surface area contributed by atoms with Crippen LogP contribution in [0.15, 0.2) is 35.7 Å². The van der Waals surface area contributed by atoms with Gasteiger partial charge in [0.25, 0.3) is 0 Å². The van der Waals surface area contributed by atoms with Gasteiger partial charge in [0.1, 0.15) is 17.0 Å². The Morgan fingerprint density at radius 3 is 2.62 bits per heavy atom. The molecule has 150 valence electrons. The van der Waals surface area contributed by atoms with Gasteiger partial charge in [-0.05, 0) is 12.1 Å². The summed E-state index contributed by atoms with van der Waals surface area (Å²) in [5, 5.41) is 22.1. The topological polar surface area (TPSA) is 156 Å². The third-order valence-corrected chi connectivity index (χ3v) is 4.59. The molecule has 1 saturated heterocycles. The fourth-order valence-electron chi connectivity index (χ4n) is 3.08. The van der Waals surface area contributed by atoms with Crippen LogP contribution in [0.1, 0.15) is 5.69 Å². The van der Waals surface area contributed by atoms with Crippen molar-refractivity contribution >= 4 is 22.8 Å². The second kappa shape index (κ2) is 7.72. The fourth-order valence-corrected chi connectivity index (χ4v) is 3.08. The highest BCUT2D eigenvalue weighted by Gasteiger charge is 2.13. The molecule has 6 N–H and O–H groups in total. The van der Waals surface area contributed by atoms with Crippen molar-refractivity contribution in [2.24, 2.45) is 23.5 Å². The number of aromatic nitrogens is 5. The van der Waals surface area contributed by atoms with Crippen LogP contribution in [-0.4, -0.2) is 67.1 Å². The maximum absolute atomic E-state index is 10.4. The van der Waals surface area contributed by atoms with E-state index in [9.17, 15) is 5.11 Å². The molecule has 0 saturated carbocycles. The van der Waals surface area contributed by atoms with Crippen LogP contribution in [0.3, 0.4) is 0 Å². The molecule has 29 heavy (non-hydrogen) atoms. The summed E-state index contributed by atoms with van der Waals surface area (Å²) in [4.78, 5) is 16.2. The second-order valence-electron chi connectivity index (χ2n) is 6.66. The number of nitrogens with one attached hydrogen (secondary N) is 1. The molecule has 0 aromatic carbocycles. The highest BCUT2D eigenvalue weighted by atomic mass is 16.3. The molecule has 0 radical (unpaired) electrons. The minimum Gasteiger partial charge on any atom is -0.506 e. The standard InChI is InChI=1S/C18H22N10O/c1-27-25-14-6-11(9-23-17(14)26-27)12-7-15(29)16(22-8-12)13(19)10-24-18(20)28-4-2-21-3-5-28/h6-10,21,29H,2-5,19H2,1H3,(H2,20,24)/b13-10-. The molecule has 0 aliphatic carbocycles. The molecule has 0 unspecified atom stereocenters. The zero-order valence-electron chi connectivity index (χ0n) is 15.9. The van der Waals surface area contributed by atoms with E-state index in [0.717, 1.165) is 31.7 Å². The highest BCUT2D eigenvalue weighted by molar-refractivity contribution is 5.81. The van der Waals surface area contributed by atoms with Gasteiger partial charge in [0, 0.05) is 56.7 Å². The molecule has 0 amide bonds. The summed E-state index contributed by atoms with van der Waals surface area (Å²) in [5.41, 5.74) is 15.2. The van der Waals surface area contributed by atoms with Crippen LogP contribution in [-0.2, 0) is 7.05 Å². The van der Waals surface area contributed by atoms with Gasteiger partial charge >= 0.3 is 0 Å². The third-order valence-electron chi connectivity index (χ3n) is 4.59. The van der Waals surface area contributed by atoms with Crippen LogP contribution >= 0.6 is 0 Å². The maximum atomic E-state index is 10.4. The molecule has 3 aromatic heterocycles. The summed E-state index contributed by atoms with van der Waals surface area (Å²) in [6.07, 6.45) is 4.68. The number of hydrogen-bond acceptors (Lipinski definition) is 8. The molecule has 11 heteroatoms. The normalized spacial score (nSPS) is 15.8. The Morgan fingerprint density at radius 2 is 1.86 bits per heavy atom. The van der Waals surface area contributed by atoms with Gasteiger partial charge in [-0.25, -0.2) is 9.98 Å². The highest BCUT2D eigenvalue weighted by Crippen LogP contribution is 2.27. The van der Waals surface area contributed by atoms with E-state index < -0.39 is 0 Å². The lowest BCUT2D eigenvalue weighted by Gasteiger charge is -2.27. The van der Waals surface area contributed by atoms with Gasteiger partial charge in [-0.2, -0.15) is 9.90 Å². The van der Waals surface area contributed by atoms with Gasteiger partial charge in [-0.15, -0.1) is 5.10 Å². The molecule has 1 fully saturated rings. The second-order valence-corrected chi connectivity index (χ2v) is 6.66. The first-order valence-corrected chi connectivity index (χ1v) is 9.12. The van der Waals surface area contributed by atoms with E-state index in [-0.39, 0.29) is 17.1 Å². The number of nitrogens with zero attached hydrogens (tertiary/aromatic N) is 7. The van der Waals surface area contributed by atoms with Gasteiger partial charge in [-0.3, -0.25) is 4.98 Å². The summed E-state index contributed by atoms with van der Waals surface area (Å²) >= 11 is 0. The smallest absolute Gasteiger partial charge is 0.201 e. The van der Waals surface area contributed by atoms with Gasteiger partial charge in [0.05, 0.1) is 11.9 Å². The molecule has 0 spiro atoms. The van der Waals surface area contributed by atoms with Crippen molar-refractivity contribution in [3.05, 3.63) is 36.4 Å². The summed E-state index contributed by atoms with van der Waals surface area (Å²) < 4.78 is 0. The van der Waals surface area contributed by atoms with Crippen LogP contribution < -0.4 is 16.8 Å². The van der Waals surface area contributed by atoms with Crippen molar-refractivity contribution in [3.63, 3.8) is 0 Å². The Balaban J connectivity index is 1.57. The van der Waals surface area contributed by atoms with Gasteiger partial charge < -0.3 is 26.8 Å². The molecule has 0 bridgehead atoms. The third kappa shape index (κ3) is 3.94. The van der Waals surface area contributed by atoms with Crippen LogP contribution in [0.5, 0.6) is 5.75 Å².